The number of methoxy groups -OCH3 is 1. The molecule has 0 unspecified atom stereocenters. The lowest BCUT2D eigenvalue weighted by atomic mass is 9.88. The van der Waals surface area contributed by atoms with Crippen molar-refractivity contribution in [1.82, 2.24) is 5.32 Å². The third-order valence-corrected chi connectivity index (χ3v) is 5.83. The molecule has 0 spiro atoms. The van der Waals surface area contributed by atoms with Crippen molar-refractivity contribution in [3.05, 3.63) is 34.4 Å². The Bertz CT molecular complexity index is 1230. The fraction of sp³-hybridized carbons (Fsp3) is 0.538. The third kappa shape index (κ3) is 9.63. The summed E-state index contributed by atoms with van der Waals surface area (Å²) < 4.78 is 38.1. The van der Waals surface area contributed by atoms with Gasteiger partial charge in [-0.3, -0.25) is 34.1 Å². The van der Waals surface area contributed by atoms with Crippen LogP contribution in [0.15, 0.2) is 24.3 Å². The molecule has 1 aromatic carbocycles. The number of nitro groups is 1. The number of nitrogens with one attached hydrogen (secondary N) is 1. The Morgan fingerprint density at radius 3 is 2.05 bits per heavy atom. The number of hydrogen-bond acceptors (Lipinski definition) is 15. The molecule has 0 radical (unpaired) electrons. The summed E-state index contributed by atoms with van der Waals surface area (Å²) in [5, 5.41) is 13.6. The molecular weight excluding hydrogens is 580 g/mol. The van der Waals surface area contributed by atoms with Crippen molar-refractivity contribution in [2.75, 3.05) is 13.7 Å². The molecule has 2 rings (SSSR count). The molecule has 0 saturated carbocycles. The highest BCUT2D eigenvalue weighted by Crippen LogP contribution is 2.38. The number of hydrogen-bond donors (Lipinski definition) is 1. The molecule has 17 heteroatoms. The van der Waals surface area contributed by atoms with E-state index >= 15 is 0 Å². The van der Waals surface area contributed by atoms with Gasteiger partial charge in [0.05, 0.1) is 24.5 Å². The summed E-state index contributed by atoms with van der Waals surface area (Å²) in [5.41, 5.74) is -0.296. The molecule has 1 amide bonds. The van der Waals surface area contributed by atoms with Gasteiger partial charge in [0.1, 0.15) is 24.6 Å². The van der Waals surface area contributed by atoms with E-state index < -0.39 is 89.9 Å². The van der Waals surface area contributed by atoms with Gasteiger partial charge in [0.25, 0.3) is 5.69 Å². The average Bonchev–Trinajstić information content (AvgIpc) is 2.90. The Hall–Kier alpha value is -4.80. The number of esters is 5. The molecule has 1 N–H and O–H groups in total. The Labute approximate surface area is 245 Å². The van der Waals surface area contributed by atoms with Gasteiger partial charge in [0, 0.05) is 46.8 Å². The van der Waals surface area contributed by atoms with E-state index in [9.17, 15) is 38.9 Å². The normalized spacial score (nSPS) is 22.5. The smallest absolute Gasteiger partial charge is 0.379 e. The molecule has 0 bridgehead atoms. The Morgan fingerprint density at radius 1 is 0.977 bits per heavy atom. The maximum absolute atomic E-state index is 13.3. The molecule has 43 heavy (non-hydrogen) atoms. The van der Waals surface area contributed by atoms with Crippen molar-refractivity contribution in [1.29, 1.82) is 0 Å². The molecule has 236 valence electrons. The summed E-state index contributed by atoms with van der Waals surface area (Å²) >= 11 is 0. The third-order valence-electron chi connectivity index (χ3n) is 5.83. The summed E-state index contributed by atoms with van der Waals surface area (Å²) in [6.45, 7) is 4.62. The lowest BCUT2D eigenvalue weighted by molar-refractivity contribution is -0.384. The first-order valence-corrected chi connectivity index (χ1v) is 12.7. The van der Waals surface area contributed by atoms with Crippen molar-refractivity contribution < 1.29 is 66.8 Å². The Morgan fingerprint density at radius 2 is 1.58 bits per heavy atom. The second-order valence-corrected chi connectivity index (χ2v) is 9.28. The van der Waals surface area contributed by atoms with Crippen LogP contribution in [0.4, 0.5) is 5.69 Å². The van der Waals surface area contributed by atoms with E-state index in [1.807, 2.05) is 0 Å². The van der Waals surface area contributed by atoms with Crippen LogP contribution in [0, 0.1) is 10.1 Å². The Balaban J connectivity index is 2.78. The van der Waals surface area contributed by atoms with E-state index in [1.54, 1.807) is 0 Å². The van der Waals surface area contributed by atoms with E-state index in [2.05, 4.69) is 5.32 Å². The number of nitrogens with zero attached hydrogens (tertiary/aromatic N) is 1. The van der Waals surface area contributed by atoms with E-state index in [4.69, 9.17) is 33.2 Å². The zero-order valence-electron chi connectivity index (χ0n) is 24.2. The summed E-state index contributed by atoms with van der Waals surface area (Å²) in [6, 6.07) is 3.12. The van der Waals surface area contributed by atoms with E-state index in [-0.39, 0.29) is 11.4 Å². The van der Waals surface area contributed by atoms with Crippen LogP contribution in [0.3, 0.4) is 0 Å². The van der Waals surface area contributed by atoms with Crippen molar-refractivity contribution in [2.24, 2.45) is 0 Å². The predicted molar refractivity (Wildman–Crippen MR) is 139 cm³/mol. The van der Waals surface area contributed by atoms with Crippen LogP contribution in [0.1, 0.15) is 41.0 Å². The molecule has 1 heterocycles. The fourth-order valence-electron chi connectivity index (χ4n) is 4.33. The molecule has 1 aliphatic rings. The van der Waals surface area contributed by atoms with Gasteiger partial charge < -0.3 is 38.5 Å². The highest BCUT2D eigenvalue weighted by atomic mass is 16.7. The average molecular weight is 613 g/mol. The molecule has 17 nitrogen and oxygen atoms in total. The first kappa shape index (κ1) is 34.4. The van der Waals surface area contributed by atoms with Gasteiger partial charge in [-0.15, -0.1) is 0 Å². The molecule has 0 aromatic heterocycles. The minimum atomic E-state index is -2.49. The number of carbonyl (C=O) groups excluding carboxylic acids is 6. The zero-order chi connectivity index (χ0) is 32.5. The van der Waals surface area contributed by atoms with Crippen LogP contribution in [0.25, 0.3) is 0 Å². The fourth-order valence-corrected chi connectivity index (χ4v) is 4.33. The molecule has 1 aliphatic heterocycles. The largest absolute Gasteiger partial charge is 0.464 e. The van der Waals surface area contributed by atoms with Crippen molar-refractivity contribution in [3.63, 3.8) is 0 Å². The topological polar surface area (TPSA) is 222 Å². The summed E-state index contributed by atoms with van der Waals surface area (Å²) in [5.74, 6) is -7.94. The van der Waals surface area contributed by atoms with Gasteiger partial charge in [-0.25, -0.2) is 4.79 Å². The van der Waals surface area contributed by atoms with Crippen molar-refractivity contribution in [3.8, 4) is 5.75 Å². The number of nitro benzene ring substituents is 1. The molecular formula is C26H32N2O15. The van der Waals surface area contributed by atoms with Crippen LogP contribution < -0.4 is 10.1 Å². The maximum atomic E-state index is 13.3. The van der Waals surface area contributed by atoms with Gasteiger partial charge in [0.2, 0.25) is 5.91 Å². The molecule has 1 saturated heterocycles. The monoisotopic (exact) mass is 612 g/mol. The molecule has 0 aliphatic carbocycles. The number of non-ortho nitro benzene ring substituents is 1. The van der Waals surface area contributed by atoms with Crippen LogP contribution >= 0.6 is 0 Å². The zero-order valence-corrected chi connectivity index (χ0v) is 24.2. The highest BCUT2D eigenvalue weighted by Gasteiger charge is 2.60. The second-order valence-electron chi connectivity index (χ2n) is 9.28. The maximum Gasteiger partial charge on any atom is 0.379 e. The molecule has 1 aromatic rings. The molecule has 1 fully saturated rings. The van der Waals surface area contributed by atoms with Crippen LogP contribution in [0.2, 0.25) is 0 Å². The van der Waals surface area contributed by atoms with Crippen molar-refractivity contribution in [2.45, 2.75) is 77.3 Å². The number of ether oxygens (including phenoxy) is 7. The van der Waals surface area contributed by atoms with Crippen LogP contribution in [-0.4, -0.2) is 90.6 Å². The number of benzene rings is 1. The van der Waals surface area contributed by atoms with Gasteiger partial charge in [-0.05, 0) is 12.1 Å². The van der Waals surface area contributed by atoms with E-state index in [0.29, 0.717) is 0 Å². The lowest BCUT2D eigenvalue weighted by Gasteiger charge is -2.48. The van der Waals surface area contributed by atoms with Crippen LogP contribution in [0.5, 0.6) is 5.75 Å². The summed E-state index contributed by atoms with van der Waals surface area (Å²) in [4.78, 5) is 84.1. The highest BCUT2D eigenvalue weighted by molar-refractivity contribution is 5.79. The predicted octanol–water partition coefficient (Wildman–Crippen LogP) is 0.495. The second kappa shape index (κ2) is 14.9. The Kier molecular flexibility index (Phi) is 11.9. The lowest BCUT2D eigenvalue weighted by Crippen LogP contribution is -2.70. The van der Waals surface area contributed by atoms with Crippen molar-refractivity contribution >= 4 is 41.4 Å². The minimum absolute atomic E-state index is 0.130. The first-order chi connectivity index (χ1) is 20.1. The minimum Gasteiger partial charge on any atom is -0.464 e. The quantitative estimate of drug-likeness (QED) is 0.147. The van der Waals surface area contributed by atoms with Gasteiger partial charge in [-0.1, -0.05) is 0 Å². The number of amides is 1. The molecule has 6 atom stereocenters. The van der Waals surface area contributed by atoms with E-state index in [1.165, 1.54) is 0 Å². The van der Waals surface area contributed by atoms with Gasteiger partial charge in [-0.2, -0.15) is 0 Å². The van der Waals surface area contributed by atoms with Gasteiger partial charge in [0.15, 0.2) is 12.2 Å². The van der Waals surface area contributed by atoms with E-state index in [0.717, 1.165) is 66.0 Å². The van der Waals surface area contributed by atoms with Gasteiger partial charge >= 0.3 is 35.6 Å². The summed E-state index contributed by atoms with van der Waals surface area (Å²) in [7, 11) is 0.994. The SMILES string of the molecule is COC(=O)[C@]1(Oc2ccc([N+](=O)[O-])cc2)C[C@H](OC(C)=O)[C@@H](NC(C)=O)[C@H]([C@@H](OC(C)=O)[C@@H](COC(C)=O)OC(C)=O)O1. The standard InChI is InChI=1S/C26H32N2O15/c1-13(29)27-22-20(39-15(3)31)11-26(25(34)37-6,42-19-9-7-18(8-10-19)28(35)36)43-24(22)23(41-17(5)33)21(40-16(4)32)12-38-14(2)30/h7-10,20-24H,11-12H2,1-6H3,(H,27,29)/t20-,21+,22+,23-,24+,26-/m0/s1. The summed E-state index contributed by atoms with van der Waals surface area (Å²) in [6.07, 6.45) is -7.03. The van der Waals surface area contributed by atoms with Crippen LogP contribution in [-0.2, 0) is 57.2 Å². The first-order valence-electron chi connectivity index (χ1n) is 12.7. The number of carbonyl (C=O) groups is 6. The number of rotatable bonds is 12.